The minimum atomic E-state index is -1.05. The van der Waals surface area contributed by atoms with Crippen molar-refractivity contribution in [1.82, 2.24) is 14.5 Å². The van der Waals surface area contributed by atoms with Crippen LogP contribution in [0.3, 0.4) is 0 Å². The van der Waals surface area contributed by atoms with Crippen molar-refractivity contribution < 1.29 is 9.50 Å². The molecule has 0 aliphatic carbocycles. The minimum Gasteiger partial charge on any atom is -0.382 e. The summed E-state index contributed by atoms with van der Waals surface area (Å²) < 4.78 is 15.0. The number of hydrogen-bond donors (Lipinski definition) is 1. The average Bonchev–Trinajstić information content (AvgIpc) is 2.65. The number of pyridine rings is 1. The number of aliphatic hydroxyl groups is 1. The molecule has 0 aliphatic heterocycles. The lowest BCUT2D eigenvalue weighted by atomic mass is 10.1. The van der Waals surface area contributed by atoms with Gasteiger partial charge in [-0.05, 0) is 6.07 Å². The molecule has 0 radical (unpaired) electrons. The van der Waals surface area contributed by atoms with Gasteiger partial charge < -0.3 is 9.67 Å². The summed E-state index contributed by atoms with van der Waals surface area (Å²) in [5, 5.41) is 9.84. The van der Waals surface area contributed by atoms with E-state index in [1.54, 1.807) is 24.1 Å². The van der Waals surface area contributed by atoms with Gasteiger partial charge in [0, 0.05) is 25.0 Å². The number of hydrogen-bond acceptors (Lipinski definition) is 3. The zero-order chi connectivity index (χ0) is 10.8. The van der Waals surface area contributed by atoms with Gasteiger partial charge in [0.25, 0.3) is 0 Å². The van der Waals surface area contributed by atoms with E-state index in [0.29, 0.717) is 5.69 Å². The highest BCUT2D eigenvalue weighted by Crippen LogP contribution is 2.21. The van der Waals surface area contributed by atoms with Gasteiger partial charge in [-0.3, -0.25) is 4.98 Å². The molecule has 0 saturated carbocycles. The van der Waals surface area contributed by atoms with Crippen LogP contribution in [0.1, 0.15) is 17.4 Å². The molecule has 0 amide bonds. The van der Waals surface area contributed by atoms with Gasteiger partial charge in [0.05, 0.1) is 18.2 Å². The highest BCUT2D eigenvalue weighted by molar-refractivity contribution is 5.23. The highest BCUT2D eigenvalue weighted by Gasteiger charge is 2.16. The van der Waals surface area contributed by atoms with E-state index >= 15 is 0 Å². The molecule has 4 nitrogen and oxygen atoms in total. The van der Waals surface area contributed by atoms with Gasteiger partial charge in [-0.1, -0.05) is 0 Å². The van der Waals surface area contributed by atoms with E-state index < -0.39 is 11.9 Å². The summed E-state index contributed by atoms with van der Waals surface area (Å²) in [6.07, 6.45) is 4.66. The molecule has 1 unspecified atom stereocenters. The summed E-state index contributed by atoms with van der Waals surface area (Å²) in [5.41, 5.74) is 0.603. The average molecular weight is 207 g/mol. The lowest BCUT2D eigenvalue weighted by Crippen LogP contribution is -2.03. The van der Waals surface area contributed by atoms with Crippen LogP contribution in [-0.4, -0.2) is 19.6 Å². The van der Waals surface area contributed by atoms with E-state index in [9.17, 15) is 9.50 Å². The first-order chi connectivity index (χ1) is 7.18. The first kappa shape index (κ1) is 9.79. The summed E-state index contributed by atoms with van der Waals surface area (Å²) in [6.45, 7) is 0. The molecule has 2 aromatic heterocycles. The van der Waals surface area contributed by atoms with E-state index in [2.05, 4.69) is 9.97 Å². The molecule has 2 heterocycles. The van der Waals surface area contributed by atoms with Gasteiger partial charge >= 0.3 is 0 Å². The molecule has 0 saturated heterocycles. The van der Waals surface area contributed by atoms with Crippen molar-refractivity contribution in [3.05, 3.63) is 48.1 Å². The molecule has 0 fully saturated rings. The van der Waals surface area contributed by atoms with Crippen LogP contribution in [0.2, 0.25) is 0 Å². The number of nitrogens with zero attached hydrogens (tertiary/aromatic N) is 3. The van der Waals surface area contributed by atoms with Gasteiger partial charge in [0.2, 0.25) is 0 Å². The Balaban J connectivity index is 2.36. The molecule has 15 heavy (non-hydrogen) atoms. The van der Waals surface area contributed by atoms with E-state index in [1.807, 2.05) is 0 Å². The van der Waals surface area contributed by atoms with Gasteiger partial charge in [-0.25, -0.2) is 9.37 Å². The van der Waals surface area contributed by atoms with Gasteiger partial charge in [0.1, 0.15) is 11.9 Å². The Bertz CT molecular complexity index is 469. The monoisotopic (exact) mass is 207 g/mol. The van der Waals surface area contributed by atoms with Crippen LogP contribution in [0, 0.1) is 5.82 Å². The molecule has 5 heteroatoms. The van der Waals surface area contributed by atoms with Gasteiger partial charge in [0.15, 0.2) is 0 Å². The van der Waals surface area contributed by atoms with Crippen molar-refractivity contribution in [1.29, 1.82) is 0 Å². The lowest BCUT2D eigenvalue weighted by Gasteiger charge is -2.08. The molecule has 0 aliphatic rings. The predicted molar refractivity (Wildman–Crippen MR) is 51.5 cm³/mol. The maximum absolute atomic E-state index is 13.3. The molecule has 2 rings (SSSR count). The van der Waals surface area contributed by atoms with E-state index in [-0.39, 0.29) is 5.56 Å². The fourth-order valence-electron chi connectivity index (χ4n) is 1.34. The number of aryl methyl sites for hydroxylation is 1. The zero-order valence-electron chi connectivity index (χ0n) is 8.13. The van der Waals surface area contributed by atoms with E-state index in [4.69, 9.17) is 0 Å². The van der Waals surface area contributed by atoms with Crippen LogP contribution in [0.4, 0.5) is 4.39 Å². The molecular formula is C10H10FN3O. The molecule has 0 bridgehead atoms. The molecular weight excluding hydrogens is 197 g/mol. The van der Waals surface area contributed by atoms with Crippen molar-refractivity contribution in [2.45, 2.75) is 6.10 Å². The third-order valence-electron chi connectivity index (χ3n) is 2.10. The van der Waals surface area contributed by atoms with Crippen LogP contribution in [-0.2, 0) is 7.05 Å². The second-order valence-corrected chi connectivity index (χ2v) is 3.26. The predicted octanol–water partition coefficient (Wildman–Crippen LogP) is 1.04. The Labute approximate surface area is 86.0 Å². The lowest BCUT2D eigenvalue weighted by molar-refractivity contribution is 0.210. The molecule has 1 N–H and O–H groups in total. The molecule has 2 aromatic rings. The Kier molecular flexibility index (Phi) is 2.47. The van der Waals surface area contributed by atoms with Gasteiger partial charge in [-0.15, -0.1) is 0 Å². The molecule has 0 spiro atoms. The number of halogens is 1. The summed E-state index contributed by atoms with van der Waals surface area (Å²) >= 11 is 0. The molecule has 1 atom stereocenters. The van der Waals surface area contributed by atoms with Crippen LogP contribution >= 0.6 is 0 Å². The van der Waals surface area contributed by atoms with Crippen LogP contribution in [0.25, 0.3) is 0 Å². The van der Waals surface area contributed by atoms with Crippen LogP contribution in [0.5, 0.6) is 0 Å². The Hall–Kier alpha value is -1.75. The fourth-order valence-corrected chi connectivity index (χ4v) is 1.34. The first-order valence-corrected chi connectivity index (χ1v) is 4.44. The normalized spacial score (nSPS) is 12.7. The number of aliphatic hydroxyl groups excluding tert-OH is 1. The summed E-state index contributed by atoms with van der Waals surface area (Å²) in [6, 6.07) is 1.44. The summed E-state index contributed by atoms with van der Waals surface area (Å²) in [7, 11) is 1.78. The number of aromatic nitrogens is 3. The quantitative estimate of drug-likeness (QED) is 0.800. The first-order valence-electron chi connectivity index (χ1n) is 4.44. The van der Waals surface area contributed by atoms with Gasteiger partial charge in [-0.2, -0.15) is 0 Å². The molecule has 78 valence electrons. The minimum absolute atomic E-state index is 0.184. The second kappa shape index (κ2) is 3.78. The number of rotatable bonds is 2. The topological polar surface area (TPSA) is 50.9 Å². The maximum atomic E-state index is 13.3. The van der Waals surface area contributed by atoms with E-state index in [1.165, 1.54) is 12.3 Å². The van der Waals surface area contributed by atoms with Crippen molar-refractivity contribution >= 4 is 0 Å². The fraction of sp³-hybridized carbons (Fsp3) is 0.200. The summed E-state index contributed by atoms with van der Waals surface area (Å²) in [5.74, 6) is -0.532. The Morgan fingerprint density at radius 1 is 1.53 bits per heavy atom. The standard InChI is InChI=1S/C10H10FN3O/c1-14-5-9(13-6-14)10(15)7-2-3-12-4-8(7)11/h2-6,10,15H,1H3. The van der Waals surface area contributed by atoms with Crippen molar-refractivity contribution in [2.24, 2.45) is 7.05 Å². The Morgan fingerprint density at radius 3 is 2.93 bits per heavy atom. The van der Waals surface area contributed by atoms with Crippen molar-refractivity contribution in [3.8, 4) is 0 Å². The summed E-state index contributed by atoms with van der Waals surface area (Å²) in [4.78, 5) is 7.57. The van der Waals surface area contributed by atoms with Crippen molar-refractivity contribution in [3.63, 3.8) is 0 Å². The third kappa shape index (κ3) is 1.87. The third-order valence-corrected chi connectivity index (χ3v) is 2.10. The smallest absolute Gasteiger partial charge is 0.147 e. The highest BCUT2D eigenvalue weighted by atomic mass is 19.1. The number of imidazole rings is 1. The van der Waals surface area contributed by atoms with E-state index in [0.717, 1.165) is 6.20 Å². The maximum Gasteiger partial charge on any atom is 0.147 e. The zero-order valence-corrected chi connectivity index (χ0v) is 8.13. The second-order valence-electron chi connectivity index (χ2n) is 3.26. The SMILES string of the molecule is Cn1cnc(C(O)c2ccncc2F)c1. The molecule has 0 aromatic carbocycles. The van der Waals surface area contributed by atoms with Crippen LogP contribution < -0.4 is 0 Å². The van der Waals surface area contributed by atoms with Crippen LogP contribution in [0.15, 0.2) is 31.0 Å². The largest absolute Gasteiger partial charge is 0.382 e. The van der Waals surface area contributed by atoms with Crippen molar-refractivity contribution in [2.75, 3.05) is 0 Å². The Morgan fingerprint density at radius 2 is 2.33 bits per heavy atom.